The molecule has 0 atom stereocenters. The zero-order valence-electron chi connectivity index (χ0n) is 20.4. The molecule has 0 spiro atoms. The highest BCUT2D eigenvalue weighted by atomic mass is 32.2. The first-order valence-corrected chi connectivity index (χ1v) is 13.0. The highest BCUT2D eigenvalue weighted by molar-refractivity contribution is 8.26. The van der Waals surface area contributed by atoms with Crippen molar-refractivity contribution in [3.63, 3.8) is 0 Å². The van der Waals surface area contributed by atoms with Crippen molar-refractivity contribution in [1.29, 1.82) is 5.26 Å². The van der Waals surface area contributed by atoms with E-state index in [-0.39, 0.29) is 23.8 Å². The van der Waals surface area contributed by atoms with Crippen molar-refractivity contribution in [2.75, 3.05) is 24.8 Å². The van der Waals surface area contributed by atoms with Gasteiger partial charge in [-0.1, -0.05) is 37.0 Å². The molecule has 10 heteroatoms. The molecule has 2 aromatic rings. The number of ether oxygens (including phenoxy) is 2. The summed E-state index contributed by atoms with van der Waals surface area (Å²) in [5.74, 6) is 2.49. The average molecular weight is 523 g/mol. The van der Waals surface area contributed by atoms with Gasteiger partial charge in [-0.25, -0.2) is 0 Å². The predicted molar refractivity (Wildman–Crippen MR) is 143 cm³/mol. The van der Waals surface area contributed by atoms with E-state index >= 15 is 0 Å². The summed E-state index contributed by atoms with van der Waals surface area (Å²) in [7, 11) is 1.69. The van der Waals surface area contributed by atoms with Crippen molar-refractivity contribution in [2.45, 2.75) is 33.2 Å². The highest BCUT2D eigenvalue weighted by Gasteiger charge is 2.34. The van der Waals surface area contributed by atoms with Gasteiger partial charge in [-0.05, 0) is 55.0 Å². The first-order valence-electron chi connectivity index (χ1n) is 11.8. The topological polar surface area (TPSA) is 87.8 Å². The minimum Gasteiger partial charge on any atom is -0.454 e. The van der Waals surface area contributed by atoms with Gasteiger partial charge >= 0.3 is 0 Å². The Labute approximate surface area is 219 Å². The van der Waals surface area contributed by atoms with Gasteiger partial charge in [0.1, 0.15) is 21.8 Å². The fourth-order valence-corrected chi connectivity index (χ4v) is 6.04. The summed E-state index contributed by atoms with van der Waals surface area (Å²) in [5, 5.41) is 9.69. The Bertz CT molecular complexity index is 1400. The van der Waals surface area contributed by atoms with Gasteiger partial charge < -0.3 is 14.4 Å². The van der Waals surface area contributed by atoms with Crippen molar-refractivity contribution in [3.05, 3.63) is 55.7 Å². The number of fused-ring (bicyclic) bond motifs is 1. The number of aromatic nitrogens is 1. The first kappa shape index (κ1) is 24.4. The van der Waals surface area contributed by atoms with E-state index < -0.39 is 0 Å². The van der Waals surface area contributed by atoms with E-state index in [1.807, 2.05) is 18.2 Å². The minimum absolute atomic E-state index is 0.0914. The zero-order chi connectivity index (χ0) is 25.6. The Kier molecular flexibility index (Phi) is 6.53. The van der Waals surface area contributed by atoms with Crippen LogP contribution in [-0.4, -0.2) is 39.6 Å². The number of nitriles is 1. The molecule has 0 radical (unpaired) electrons. The lowest BCUT2D eigenvalue weighted by molar-refractivity contribution is -0.122. The predicted octanol–water partition coefficient (Wildman–Crippen LogP) is 3.93. The van der Waals surface area contributed by atoms with Gasteiger partial charge in [0.2, 0.25) is 6.79 Å². The van der Waals surface area contributed by atoms with Crippen LogP contribution in [0.4, 0.5) is 5.82 Å². The number of benzene rings is 1. The second-order valence-electron chi connectivity index (χ2n) is 9.34. The minimum atomic E-state index is -0.323. The van der Waals surface area contributed by atoms with E-state index in [1.54, 1.807) is 29.5 Å². The number of thioether (sulfide) groups is 1. The normalized spacial score (nSPS) is 18.9. The van der Waals surface area contributed by atoms with Gasteiger partial charge in [0.15, 0.2) is 11.5 Å². The molecule has 3 aliphatic heterocycles. The van der Waals surface area contributed by atoms with Gasteiger partial charge in [0.05, 0.1) is 11.4 Å². The van der Waals surface area contributed by atoms with E-state index in [9.17, 15) is 14.9 Å². The van der Waals surface area contributed by atoms with Crippen LogP contribution in [0, 0.1) is 24.2 Å². The number of piperidine rings is 1. The highest BCUT2D eigenvalue weighted by Crippen LogP contribution is 2.38. The zero-order valence-corrected chi connectivity index (χ0v) is 22.0. The largest absolute Gasteiger partial charge is 0.454 e. The lowest BCUT2D eigenvalue weighted by Crippen LogP contribution is -2.38. The van der Waals surface area contributed by atoms with Gasteiger partial charge in [-0.15, -0.1) is 0 Å². The Morgan fingerprint density at radius 2 is 1.94 bits per heavy atom. The number of hydrogen-bond acceptors (Lipinski definition) is 8. The van der Waals surface area contributed by atoms with Gasteiger partial charge in [-0.2, -0.15) is 5.26 Å². The molecule has 1 amide bonds. The quantitative estimate of drug-likeness (QED) is 0.441. The smallest absolute Gasteiger partial charge is 0.270 e. The van der Waals surface area contributed by atoms with Crippen molar-refractivity contribution < 1.29 is 14.3 Å². The molecule has 2 fully saturated rings. The molecule has 1 aromatic carbocycles. The molecular formula is C26H26N4O4S2. The van der Waals surface area contributed by atoms with Crippen LogP contribution in [0.5, 0.6) is 11.5 Å². The maximum Gasteiger partial charge on any atom is 0.270 e. The number of amides is 1. The summed E-state index contributed by atoms with van der Waals surface area (Å²) < 4.78 is 12.8. The number of anilines is 1. The molecule has 0 saturated carbocycles. The molecule has 2 saturated heterocycles. The van der Waals surface area contributed by atoms with Gasteiger partial charge in [0, 0.05) is 25.7 Å². The average Bonchev–Trinajstić information content (AvgIpc) is 3.43. The number of nitrogens with zero attached hydrogens (tertiary/aromatic N) is 4. The van der Waals surface area contributed by atoms with Crippen molar-refractivity contribution in [2.24, 2.45) is 13.0 Å². The maximum atomic E-state index is 13.5. The van der Waals surface area contributed by atoms with E-state index in [2.05, 4.69) is 17.9 Å². The lowest BCUT2D eigenvalue weighted by Gasteiger charge is -2.34. The van der Waals surface area contributed by atoms with E-state index in [0.29, 0.717) is 44.3 Å². The van der Waals surface area contributed by atoms with Crippen LogP contribution in [0.15, 0.2) is 27.9 Å². The lowest BCUT2D eigenvalue weighted by atomic mass is 9.97. The standard InChI is InChI=1S/C26H26N4O4S2/c1-15-6-8-29(9-7-15)23-18(16(2)19(12-27)24(31)28(23)3)11-22-25(32)30(26(35)36-22)13-17-4-5-20-21(10-17)34-14-33-20/h4-5,10-11,15H,6-9,13-14H2,1-3H3. The summed E-state index contributed by atoms with van der Waals surface area (Å²) in [4.78, 5) is 30.6. The summed E-state index contributed by atoms with van der Waals surface area (Å²) in [6.45, 7) is 6.12. The number of thiocarbonyl (C=S) groups is 1. The molecular weight excluding hydrogens is 496 g/mol. The number of rotatable bonds is 4. The van der Waals surface area contributed by atoms with E-state index in [4.69, 9.17) is 21.7 Å². The fourth-order valence-electron chi connectivity index (χ4n) is 4.80. The summed E-state index contributed by atoms with van der Waals surface area (Å²) >= 11 is 6.80. The first-order chi connectivity index (χ1) is 17.3. The fraction of sp³-hybridized carbons (Fsp3) is 0.385. The Morgan fingerprint density at radius 1 is 1.22 bits per heavy atom. The molecule has 5 rings (SSSR count). The molecule has 186 valence electrons. The Morgan fingerprint density at radius 3 is 2.67 bits per heavy atom. The Balaban J connectivity index is 1.51. The number of hydrogen-bond donors (Lipinski definition) is 0. The Hall–Kier alpha value is -3.29. The monoisotopic (exact) mass is 522 g/mol. The molecule has 0 aliphatic carbocycles. The molecule has 8 nitrogen and oxygen atoms in total. The summed E-state index contributed by atoms with van der Waals surface area (Å²) in [5.41, 5.74) is 1.94. The van der Waals surface area contributed by atoms with Crippen molar-refractivity contribution in [1.82, 2.24) is 9.47 Å². The van der Waals surface area contributed by atoms with Gasteiger partial charge in [-0.3, -0.25) is 19.1 Å². The van der Waals surface area contributed by atoms with Crippen LogP contribution in [0.1, 0.15) is 42.0 Å². The summed E-state index contributed by atoms with van der Waals surface area (Å²) in [6.07, 6.45) is 3.83. The number of carbonyl (C=O) groups is 1. The number of carbonyl (C=O) groups excluding carboxylic acids is 1. The van der Waals surface area contributed by atoms with Crippen LogP contribution in [-0.2, 0) is 18.4 Å². The maximum absolute atomic E-state index is 13.5. The van der Waals surface area contributed by atoms with Crippen LogP contribution >= 0.6 is 24.0 Å². The number of pyridine rings is 1. The molecule has 0 unspecified atom stereocenters. The molecule has 0 bridgehead atoms. The molecule has 1 aromatic heterocycles. The molecule has 3 aliphatic rings. The van der Waals surface area contributed by atoms with Crippen LogP contribution in [0.3, 0.4) is 0 Å². The van der Waals surface area contributed by atoms with E-state index in [0.717, 1.165) is 37.3 Å². The summed E-state index contributed by atoms with van der Waals surface area (Å²) in [6, 6.07) is 7.63. The third-order valence-electron chi connectivity index (χ3n) is 6.98. The molecule has 0 N–H and O–H groups in total. The van der Waals surface area contributed by atoms with Crippen molar-refractivity contribution in [3.8, 4) is 17.6 Å². The van der Waals surface area contributed by atoms with Crippen LogP contribution in [0.2, 0.25) is 0 Å². The molecule has 36 heavy (non-hydrogen) atoms. The third kappa shape index (κ3) is 4.27. The molecule has 4 heterocycles. The third-order valence-corrected chi connectivity index (χ3v) is 8.36. The SMILES string of the molecule is Cc1c(C=C2SC(=S)N(Cc3ccc4c(c3)OCO4)C2=O)c(N2CCC(C)CC2)n(C)c(=O)c1C#N. The van der Waals surface area contributed by atoms with Gasteiger partial charge in [0.25, 0.3) is 11.5 Å². The van der Waals surface area contributed by atoms with Crippen molar-refractivity contribution >= 4 is 46.1 Å². The van der Waals surface area contributed by atoms with Crippen LogP contribution in [0.25, 0.3) is 6.08 Å². The second kappa shape index (κ2) is 9.64. The second-order valence-corrected chi connectivity index (χ2v) is 11.0. The van der Waals surface area contributed by atoms with E-state index in [1.165, 1.54) is 11.8 Å². The van der Waals surface area contributed by atoms with Crippen LogP contribution < -0.4 is 19.9 Å².